The summed E-state index contributed by atoms with van der Waals surface area (Å²) in [6, 6.07) is 11.0. The van der Waals surface area contributed by atoms with Gasteiger partial charge in [-0.2, -0.15) is 0 Å². The molecule has 0 saturated carbocycles. The van der Waals surface area contributed by atoms with Crippen LogP contribution in [0.5, 0.6) is 17.2 Å². The molecule has 9 nitrogen and oxygen atoms in total. The summed E-state index contributed by atoms with van der Waals surface area (Å²) in [5.41, 5.74) is 3.03. The first-order chi connectivity index (χ1) is 22.5. The van der Waals surface area contributed by atoms with Crippen LogP contribution in [0.3, 0.4) is 0 Å². The quantitative estimate of drug-likeness (QED) is 0.123. The second kappa shape index (κ2) is 17.9. The van der Waals surface area contributed by atoms with Crippen molar-refractivity contribution in [3.63, 3.8) is 0 Å². The number of pyridine rings is 2. The smallest absolute Gasteiger partial charge is 0.329 e. The van der Waals surface area contributed by atoms with Crippen molar-refractivity contribution in [2.24, 2.45) is 0 Å². The van der Waals surface area contributed by atoms with Gasteiger partial charge in [0.15, 0.2) is 11.5 Å². The lowest BCUT2D eigenvalue weighted by atomic mass is 9.91. The van der Waals surface area contributed by atoms with E-state index < -0.39 is 12.0 Å². The highest BCUT2D eigenvalue weighted by Gasteiger charge is 2.38. The van der Waals surface area contributed by atoms with Gasteiger partial charge in [0.2, 0.25) is 11.7 Å². The van der Waals surface area contributed by atoms with Crippen molar-refractivity contribution in [2.45, 2.75) is 82.3 Å². The van der Waals surface area contributed by atoms with Gasteiger partial charge in [-0.3, -0.25) is 14.8 Å². The first-order valence-corrected chi connectivity index (χ1v) is 16.2. The van der Waals surface area contributed by atoms with Crippen LogP contribution in [0.25, 0.3) is 0 Å². The zero-order chi connectivity index (χ0) is 32.7. The first kappa shape index (κ1) is 34.5. The Morgan fingerprint density at radius 2 is 1.54 bits per heavy atom. The second-order valence-electron chi connectivity index (χ2n) is 11.6. The van der Waals surface area contributed by atoms with E-state index in [1.54, 1.807) is 56.8 Å². The van der Waals surface area contributed by atoms with E-state index in [0.29, 0.717) is 42.2 Å². The number of amides is 1. The molecule has 1 saturated heterocycles. The fraction of sp³-hybridized carbons (Fsp3) is 0.459. The van der Waals surface area contributed by atoms with E-state index in [0.717, 1.165) is 62.5 Å². The van der Waals surface area contributed by atoms with Crippen LogP contribution in [0.4, 0.5) is 0 Å². The van der Waals surface area contributed by atoms with E-state index in [2.05, 4.69) is 28.7 Å². The van der Waals surface area contributed by atoms with Gasteiger partial charge in [-0.15, -0.1) is 6.58 Å². The molecule has 1 aliphatic heterocycles. The van der Waals surface area contributed by atoms with Gasteiger partial charge < -0.3 is 23.8 Å². The van der Waals surface area contributed by atoms with E-state index in [9.17, 15) is 9.59 Å². The van der Waals surface area contributed by atoms with Gasteiger partial charge in [0.05, 0.1) is 27.2 Å². The molecule has 1 fully saturated rings. The van der Waals surface area contributed by atoms with Gasteiger partial charge >= 0.3 is 5.97 Å². The standard InChI is InChI=1S/C37H47N3O6/c1-5-12-31(29-23-33(43-2)35(45-4)34(24-29)44-3)36(41)40-22-7-6-19-32(40)37(42)46-30(17-8-13-27-15-10-20-38-25-27)18-9-14-28-16-11-21-39-26-28/h5,10-11,15-16,20-21,23-26,30-32H,1,6-9,12-14,17-19,22H2,2-4H3/t31-,32?/m0/s1. The summed E-state index contributed by atoms with van der Waals surface area (Å²) >= 11 is 0. The number of aryl methyl sites for hydroxylation is 2. The zero-order valence-electron chi connectivity index (χ0n) is 27.4. The summed E-state index contributed by atoms with van der Waals surface area (Å²) in [6.07, 6.45) is 16.3. The number of allylic oxidation sites excluding steroid dienone is 1. The number of nitrogens with zero attached hydrogens (tertiary/aromatic N) is 3. The van der Waals surface area contributed by atoms with Crippen LogP contribution >= 0.6 is 0 Å². The van der Waals surface area contributed by atoms with Crippen LogP contribution in [0.2, 0.25) is 0 Å². The average Bonchev–Trinajstić information content (AvgIpc) is 3.10. The van der Waals surface area contributed by atoms with Crippen LogP contribution in [0.15, 0.2) is 73.8 Å². The Morgan fingerprint density at radius 3 is 2.04 bits per heavy atom. The monoisotopic (exact) mass is 629 g/mol. The summed E-state index contributed by atoms with van der Waals surface area (Å²) in [5.74, 6) is 0.344. The van der Waals surface area contributed by atoms with E-state index in [1.165, 1.54) is 0 Å². The van der Waals surface area contributed by atoms with Crippen LogP contribution in [-0.4, -0.2) is 66.8 Å². The number of hydrogen-bond donors (Lipinski definition) is 0. The van der Waals surface area contributed by atoms with E-state index >= 15 is 0 Å². The van der Waals surface area contributed by atoms with Crippen LogP contribution in [-0.2, 0) is 27.2 Å². The number of carbonyl (C=O) groups excluding carboxylic acids is 2. The molecule has 0 spiro atoms. The third-order valence-corrected chi connectivity index (χ3v) is 8.56. The average molecular weight is 630 g/mol. The Morgan fingerprint density at radius 1 is 0.935 bits per heavy atom. The molecule has 4 rings (SSSR count). The van der Waals surface area contributed by atoms with Crippen molar-refractivity contribution in [3.8, 4) is 17.2 Å². The van der Waals surface area contributed by atoms with Crippen LogP contribution in [0.1, 0.15) is 74.0 Å². The molecule has 1 amide bonds. The first-order valence-electron chi connectivity index (χ1n) is 16.2. The van der Waals surface area contributed by atoms with Gasteiger partial charge in [0, 0.05) is 31.3 Å². The van der Waals surface area contributed by atoms with Crippen molar-refractivity contribution in [1.29, 1.82) is 0 Å². The molecule has 246 valence electrons. The molecule has 1 unspecified atom stereocenters. The predicted octanol–water partition coefficient (Wildman–Crippen LogP) is 6.50. The van der Waals surface area contributed by atoms with Crippen LogP contribution < -0.4 is 14.2 Å². The number of esters is 1. The summed E-state index contributed by atoms with van der Waals surface area (Å²) in [6.45, 7) is 4.40. The normalized spacial score (nSPS) is 15.2. The highest BCUT2D eigenvalue weighted by atomic mass is 16.5. The Hall–Kier alpha value is -4.40. The molecule has 0 bridgehead atoms. The van der Waals surface area contributed by atoms with E-state index in [4.69, 9.17) is 18.9 Å². The molecule has 2 atom stereocenters. The maximum atomic E-state index is 14.2. The number of carbonyl (C=O) groups is 2. The van der Waals surface area contributed by atoms with Gasteiger partial charge in [-0.25, -0.2) is 4.79 Å². The summed E-state index contributed by atoms with van der Waals surface area (Å²) < 4.78 is 22.9. The zero-order valence-corrected chi connectivity index (χ0v) is 27.4. The minimum Gasteiger partial charge on any atom is -0.493 e. The highest BCUT2D eigenvalue weighted by Crippen LogP contribution is 2.41. The lowest BCUT2D eigenvalue weighted by molar-refractivity contribution is -0.162. The van der Waals surface area contributed by atoms with Crippen molar-refractivity contribution >= 4 is 11.9 Å². The lowest BCUT2D eigenvalue weighted by Crippen LogP contribution is -2.50. The molecule has 1 aromatic carbocycles. The number of rotatable bonds is 17. The number of methoxy groups -OCH3 is 3. The van der Waals surface area contributed by atoms with Gasteiger partial charge in [-0.1, -0.05) is 18.2 Å². The maximum Gasteiger partial charge on any atom is 0.329 e. The minimum atomic E-state index is -0.644. The van der Waals surface area contributed by atoms with Crippen molar-refractivity contribution < 1.29 is 28.5 Å². The fourth-order valence-corrected chi connectivity index (χ4v) is 6.15. The Kier molecular flexibility index (Phi) is 13.4. The molecular formula is C37H47N3O6. The Labute approximate surface area is 272 Å². The molecule has 46 heavy (non-hydrogen) atoms. The largest absolute Gasteiger partial charge is 0.493 e. The third kappa shape index (κ3) is 9.31. The van der Waals surface area contributed by atoms with Crippen molar-refractivity contribution in [3.05, 3.63) is 90.5 Å². The maximum absolute atomic E-state index is 14.2. The molecule has 0 radical (unpaired) electrons. The minimum absolute atomic E-state index is 0.138. The lowest BCUT2D eigenvalue weighted by Gasteiger charge is -2.37. The summed E-state index contributed by atoms with van der Waals surface area (Å²) in [5, 5.41) is 0. The third-order valence-electron chi connectivity index (χ3n) is 8.56. The van der Waals surface area contributed by atoms with Gasteiger partial charge in [0.1, 0.15) is 12.1 Å². The highest BCUT2D eigenvalue weighted by molar-refractivity contribution is 5.89. The predicted molar refractivity (Wildman–Crippen MR) is 177 cm³/mol. The number of aromatic nitrogens is 2. The summed E-state index contributed by atoms with van der Waals surface area (Å²) in [4.78, 5) is 38.3. The number of hydrogen-bond acceptors (Lipinski definition) is 8. The topological polar surface area (TPSA) is 100 Å². The Balaban J connectivity index is 1.50. The molecule has 3 heterocycles. The van der Waals surface area contributed by atoms with Gasteiger partial charge in [-0.05, 0) is 105 Å². The molecule has 3 aromatic rings. The molecule has 1 aliphatic rings. The van der Waals surface area contributed by atoms with Crippen molar-refractivity contribution in [2.75, 3.05) is 27.9 Å². The number of ether oxygens (including phenoxy) is 4. The molecular weight excluding hydrogens is 582 g/mol. The van der Waals surface area contributed by atoms with E-state index in [-0.39, 0.29) is 18.0 Å². The number of benzene rings is 1. The Bertz CT molecular complexity index is 1330. The fourth-order valence-electron chi connectivity index (χ4n) is 6.15. The molecule has 0 N–H and O–H groups in total. The SMILES string of the molecule is C=CC[C@H](C(=O)N1CCCCC1C(=O)OC(CCCc1cccnc1)CCCc1cccnc1)c1cc(OC)c(OC)c(OC)c1. The molecule has 2 aromatic heterocycles. The number of piperidine rings is 1. The van der Waals surface area contributed by atoms with E-state index in [1.807, 2.05) is 24.5 Å². The summed E-state index contributed by atoms with van der Waals surface area (Å²) in [7, 11) is 4.64. The molecule has 9 heteroatoms. The van der Waals surface area contributed by atoms with Crippen LogP contribution in [0, 0.1) is 0 Å². The van der Waals surface area contributed by atoms with Crippen molar-refractivity contribution in [1.82, 2.24) is 14.9 Å². The second-order valence-corrected chi connectivity index (χ2v) is 11.6. The van der Waals surface area contributed by atoms with Gasteiger partial charge in [0.25, 0.3) is 0 Å². The number of likely N-dealkylation sites (tertiary alicyclic amines) is 1. The molecule has 0 aliphatic carbocycles.